The summed E-state index contributed by atoms with van der Waals surface area (Å²) < 4.78 is 11.5. The van der Waals surface area contributed by atoms with E-state index < -0.39 is 23.4 Å². The highest BCUT2D eigenvalue weighted by Crippen LogP contribution is 2.28. The number of aryl methyl sites for hydroxylation is 1. The molecule has 0 atom stereocenters. The fourth-order valence-corrected chi connectivity index (χ4v) is 2.14. The maximum absolute atomic E-state index is 12.5. The number of hydrogen-bond donors (Lipinski definition) is 0. The number of carbonyl (C=O) groups is 2. The highest BCUT2D eigenvalue weighted by Gasteiger charge is 2.34. The molecule has 24 heavy (non-hydrogen) atoms. The maximum atomic E-state index is 12.5. The van der Waals surface area contributed by atoms with Crippen molar-refractivity contribution >= 4 is 33.8 Å². The molecule has 0 fully saturated rings. The van der Waals surface area contributed by atoms with Gasteiger partial charge in [0.1, 0.15) is 15.7 Å². The van der Waals surface area contributed by atoms with Crippen molar-refractivity contribution in [2.24, 2.45) is 0 Å². The van der Waals surface area contributed by atoms with Gasteiger partial charge in [-0.25, -0.2) is 9.59 Å². The van der Waals surface area contributed by atoms with Gasteiger partial charge in [-0.3, -0.25) is 0 Å². The van der Waals surface area contributed by atoms with Gasteiger partial charge >= 0.3 is 12.2 Å². The van der Waals surface area contributed by atoms with Crippen LogP contribution >= 0.6 is 15.9 Å². The molecule has 0 saturated carbocycles. The smallest absolute Gasteiger partial charge is 0.424 e. The molecule has 0 N–H and O–H groups in total. The van der Waals surface area contributed by atoms with Crippen LogP contribution in [0.2, 0.25) is 0 Å². The first-order chi connectivity index (χ1) is 10.7. The highest BCUT2D eigenvalue weighted by molar-refractivity contribution is 9.10. The summed E-state index contributed by atoms with van der Waals surface area (Å²) in [6.07, 6.45) is -0.562. The van der Waals surface area contributed by atoms with Crippen LogP contribution in [0.15, 0.2) is 16.7 Å². The normalized spacial score (nSPS) is 11.8. The molecule has 0 saturated heterocycles. The third-order valence-electron chi connectivity index (χ3n) is 2.56. The van der Waals surface area contributed by atoms with Crippen LogP contribution in [-0.4, -0.2) is 23.4 Å². The quantitative estimate of drug-likeness (QED) is 0.522. The Morgan fingerprint density at radius 1 is 1.08 bits per heavy atom. The van der Waals surface area contributed by atoms with E-state index in [1.807, 2.05) is 0 Å². The predicted molar refractivity (Wildman–Crippen MR) is 92.8 cm³/mol. The number of carbonyl (C=O) groups excluding carboxylic acids is 2. The molecule has 0 aromatic carbocycles. The van der Waals surface area contributed by atoms with Crippen LogP contribution in [-0.2, 0) is 9.47 Å². The Kier molecular flexibility index (Phi) is 5.86. The van der Waals surface area contributed by atoms with Gasteiger partial charge in [-0.05, 0) is 57.5 Å². The minimum Gasteiger partial charge on any atom is -0.618 e. The minimum atomic E-state index is -0.888. The first-order valence-electron chi connectivity index (χ1n) is 7.36. The summed E-state index contributed by atoms with van der Waals surface area (Å²) in [7, 11) is 0. The van der Waals surface area contributed by atoms with E-state index in [9.17, 15) is 14.8 Å². The Morgan fingerprint density at radius 3 is 1.88 bits per heavy atom. The number of hydrogen-bond acceptors (Lipinski definition) is 5. The first kappa shape index (κ1) is 20.2. The second kappa shape index (κ2) is 6.96. The average Bonchev–Trinajstić information content (AvgIpc) is 2.31. The van der Waals surface area contributed by atoms with Crippen molar-refractivity contribution in [2.45, 2.75) is 59.7 Å². The van der Waals surface area contributed by atoms with E-state index in [1.165, 1.54) is 12.3 Å². The standard InChI is InChI=1S/C16H23BrN2O5/c1-10-8-12(11(17)9-18(10)22)19(13(20)23-15(2,3)4)14(21)24-16(5,6)7/h8-9H,1-7H3. The van der Waals surface area contributed by atoms with Crippen molar-refractivity contribution in [3.63, 3.8) is 0 Å². The van der Waals surface area contributed by atoms with Crippen molar-refractivity contribution in [1.82, 2.24) is 0 Å². The lowest BCUT2D eigenvalue weighted by molar-refractivity contribution is -0.612. The van der Waals surface area contributed by atoms with Gasteiger partial charge in [0.2, 0.25) is 0 Å². The molecular weight excluding hydrogens is 380 g/mol. The number of pyridine rings is 1. The second-order valence-electron chi connectivity index (χ2n) is 7.27. The molecule has 134 valence electrons. The van der Waals surface area contributed by atoms with Crippen LogP contribution in [0, 0.1) is 12.1 Å². The third kappa shape index (κ3) is 5.67. The van der Waals surface area contributed by atoms with Gasteiger partial charge in [-0.15, -0.1) is 0 Å². The van der Waals surface area contributed by atoms with Crippen molar-refractivity contribution < 1.29 is 23.8 Å². The van der Waals surface area contributed by atoms with Gasteiger partial charge in [0.05, 0.1) is 5.69 Å². The zero-order valence-corrected chi connectivity index (χ0v) is 16.6. The van der Waals surface area contributed by atoms with Crippen molar-refractivity contribution in [3.05, 3.63) is 27.6 Å². The first-order valence-corrected chi connectivity index (χ1v) is 8.16. The molecule has 2 amide bonds. The fraction of sp³-hybridized carbons (Fsp3) is 0.562. The van der Waals surface area contributed by atoms with E-state index in [1.54, 1.807) is 48.5 Å². The van der Waals surface area contributed by atoms with Crippen LogP contribution in [0.3, 0.4) is 0 Å². The molecule has 8 heteroatoms. The number of amides is 2. The Bertz CT molecular complexity index is 619. The van der Waals surface area contributed by atoms with E-state index >= 15 is 0 Å². The van der Waals surface area contributed by atoms with Gasteiger partial charge in [0.15, 0.2) is 11.9 Å². The SMILES string of the molecule is Cc1cc(N(C(=O)OC(C)(C)C)C(=O)OC(C)(C)C)c(Br)c[n+]1[O-]. The third-order valence-corrected chi connectivity index (χ3v) is 3.17. The Morgan fingerprint density at radius 2 is 1.50 bits per heavy atom. The van der Waals surface area contributed by atoms with Crippen LogP contribution in [0.5, 0.6) is 0 Å². The summed E-state index contributed by atoms with van der Waals surface area (Å²) in [5.41, 5.74) is -1.12. The topological polar surface area (TPSA) is 82.8 Å². The molecule has 0 unspecified atom stereocenters. The number of ether oxygens (including phenoxy) is 2. The molecular formula is C16H23BrN2O5. The molecule has 1 rings (SSSR count). The van der Waals surface area contributed by atoms with Gasteiger partial charge in [-0.1, -0.05) is 0 Å². The number of aromatic nitrogens is 1. The highest BCUT2D eigenvalue weighted by atomic mass is 79.9. The number of rotatable bonds is 1. The predicted octanol–water partition coefficient (Wildman–Crippen LogP) is 4.07. The molecule has 1 aromatic rings. The molecule has 7 nitrogen and oxygen atoms in total. The fourth-order valence-electron chi connectivity index (χ4n) is 1.66. The van der Waals surface area contributed by atoms with Gasteiger partial charge in [0.25, 0.3) is 0 Å². The average molecular weight is 403 g/mol. The van der Waals surface area contributed by atoms with E-state index in [-0.39, 0.29) is 10.2 Å². The molecule has 0 aliphatic carbocycles. The lowest BCUT2D eigenvalue weighted by Crippen LogP contribution is -2.44. The van der Waals surface area contributed by atoms with E-state index in [0.29, 0.717) is 10.4 Å². The largest absolute Gasteiger partial charge is 0.618 e. The minimum absolute atomic E-state index is 0.170. The van der Waals surface area contributed by atoms with Gasteiger partial charge < -0.3 is 14.7 Å². The molecule has 0 radical (unpaired) electrons. The molecule has 0 spiro atoms. The maximum Gasteiger partial charge on any atom is 0.424 e. The summed E-state index contributed by atoms with van der Waals surface area (Å²) >= 11 is 3.20. The van der Waals surface area contributed by atoms with Crippen LogP contribution in [0.1, 0.15) is 47.2 Å². The molecule has 1 aromatic heterocycles. The summed E-state index contributed by atoms with van der Waals surface area (Å²) in [5.74, 6) is 0. The lowest BCUT2D eigenvalue weighted by atomic mass is 10.2. The summed E-state index contributed by atoms with van der Waals surface area (Å²) in [6.45, 7) is 11.7. The molecule has 0 aliphatic heterocycles. The second-order valence-corrected chi connectivity index (χ2v) is 8.12. The number of imide groups is 1. The Hall–Kier alpha value is -1.83. The zero-order chi connectivity index (χ0) is 18.9. The number of halogens is 1. The summed E-state index contributed by atoms with van der Waals surface area (Å²) in [5, 5.41) is 11.6. The van der Waals surface area contributed by atoms with E-state index in [4.69, 9.17) is 9.47 Å². The summed E-state index contributed by atoms with van der Waals surface area (Å²) in [6, 6.07) is 1.41. The summed E-state index contributed by atoms with van der Waals surface area (Å²) in [4.78, 5) is 25.8. The van der Waals surface area contributed by atoms with Crippen LogP contribution in [0.4, 0.5) is 15.3 Å². The van der Waals surface area contributed by atoms with E-state index in [0.717, 1.165) is 4.90 Å². The van der Waals surface area contributed by atoms with Crippen molar-refractivity contribution in [3.8, 4) is 0 Å². The van der Waals surface area contributed by atoms with E-state index in [2.05, 4.69) is 15.9 Å². The van der Waals surface area contributed by atoms with Crippen LogP contribution < -0.4 is 9.63 Å². The monoisotopic (exact) mass is 402 g/mol. The van der Waals surface area contributed by atoms with Crippen molar-refractivity contribution in [1.29, 1.82) is 0 Å². The number of anilines is 1. The molecule has 0 bridgehead atoms. The Balaban J connectivity index is 3.36. The zero-order valence-electron chi connectivity index (χ0n) is 15.0. The van der Waals surface area contributed by atoms with Gasteiger partial charge in [0, 0.05) is 13.0 Å². The molecule has 0 aliphatic rings. The Labute approximate surface area is 150 Å². The van der Waals surface area contributed by atoms with Crippen LogP contribution in [0.25, 0.3) is 0 Å². The lowest BCUT2D eigenvalue weighted by Gasteiger charge is -2.28. The number of nitrogens with zero attached hydrogens (tertiary/aromatic N) is 2. The van der Waals surface area contributed by atoms with Crippen molar-refractivity contribution in [2.75, 3.05) is 4.90 Å². The molecule has 1 heterocycles. The van der Waals surface area contributed by atoms with Gasteiger partial charge in [-0.2, -0.15) is 9.63 Å².